The molecule has 0 aliphatic heterocycles. The zero-order valence-electron chi connectivity index (χ0n) is 9.54. The van der Waals surface area contributed by atoms with Crippen LogP contribution in [0.1, 0.15) is 11.1 Å². The molecule has 2 rings (SSSR count). The van der Waals surface area contributed by atoms with Crippen molar-refractivity contribution < 1.29 is 18.6 Å². The second-order valence-electron chi connectivity index (χ2n) is 3.87. The maximum absolute atomic E-state index is 12.3. The first kappa shape index (κ1) is 12.5. The highest BCUT2D eigenvalue weighted by atomic mass is 19.3. The second kappa shape index (κ2) is 4.73. The highest BCUT2D eigenvalue weighted by Gasteiger charge is 2.11. The molecule has 0 unspecified atom stereocenters. The Morgan fingerprint density at radius 2 is 2.11 bits per heavy atom. The van der Waals surface area contributed by atoms with E-state index in [-0.39, 0.29) is 17.9 Å². The fourth-order valence-corrected chi connectivity index (χ4v) is 1.72. The van der Waals surface area contributed by atoms with Gasteiger partial charge in [-0.3, -0.25) is 4.79 Å². The number of benzene rings is 1. The summed E-state index contributed by atoms with van der Waals surface area (Å²) < 4.78 is 29.0. The fourth-order valence-electron chi connectivity index (χ4n) is 1.72. The summed E-state index contributed by atoms with van der Waals surface area (Å²) in [6, 6.07) is 4.33. The lowest BCUT2D eigenvalue weighted by atomic mass is 10.1. The van der Waals surface area contributed by atoms with E-state index in [2.05, 4.69) is 9.72 Å². The largest absolute Gasteiger partial charge is 0.434 e. The van der Waals surface area contributed by atoms with E-state index < -0.39 is 6.61 Å². The number of rotatable bonds is 3. The predicted octanol–water partition coefficient (Wildman–Crippen LogP) is 1.93. The number of aromatic nitrogens is 1. The molecule has 0 saturated heterocycles. The third-order valence-electron chi connectivity index (χ3n) is 2.57. The Morgan fingerprint density at radius 3 is 2.72 bits per heavy atom. The molecule has 0 spiro atoms. The molecule has 0 aliphatic rings. The van der Waals surface area contributed by atoms with Crippen LogP contribution in [0.2, 0.25) is 0 Å². The summed E-state index contributed by atoms with van der Waals surface area (Å²) in [6.45, 7) is -1.72. The minimum Gasteiger partial charge on any atom is -0.434 e. The maximum atomic E-state index is 12.3. The Bertz CT molecular complexity index is 637. The summed E-state index contributed by atoms with van der Waals surface area (Å²) in [4.78, 5) is 14.0. The fraction of sp³-hybridized carbons (Fsp3) is 0.250. The monoisotopic (exact) mass is 255 g/mol. The molecule has 0 bridgehead atoms. The third-order valence-corrected chi connectivity index (χ3v) is 2.57. The minimum atomic E-state index is -2.96. The first-order valence-electron chi connectivity index (χ1n) is 5.23. The Balaban J connectivity index is 2.72. The van der Waals surface area contributed by atoms with Crippen LogP contribution >= 0.6 is 0 Å². The van der Waals surface area contributed by atoms with Crippen molar-refractivity contribution in [3.05, 3.63) is 39.7 Å². The van der Waals surface area contributed by atoms with Gasteiger partial charge in [0.15, 0.2) is 0 Å². The van der Waals surface area contributed by atoms with Crippen LogP contribution in [-0.4, -0.2) is 16.7 Å². The zero-order valence-corrected chi connectivity index (χ0v) is 9.54. The van der Waals surface area contributed by atoms with Gasteiger partial charge in [-0.05, 0) is 30.7 Å². The minimum absolute atomic E-state index is 0.0640. The number of hydrogen-bond donors (Lipinski definition) is 2. The second-order valence-corrected chi connectivity index (χ2v) is 3.87. The van der Waals surface area contributed by atoms with Gasteiger partial charge in [-0.2, -0.15) is 8.78 Å². The Hall–Kier alpha value is -1.95. The lowest BCUT2D eigenvalue weighted by Crippen LogP contribution is -2.10. The lowest BCUT2D eigenvalue weighted by Gasteiger charge is -2.10. The summed E-state index contributed by atoms with van der Waals surface area (Å²) in [5, 5.41) is 9.42. The highest BCUT2D eigenvalue weighted by molar-refractivity contribution is 5.86. The van der Waals surface area contributed by atoms with Crippen LogP contribution < -0.4 is 10.3 Å². The molecule has 4 nitrogen and oxygen atoms in total. The van der Waals surface area contributed by atoms with Gasteiger partial charge in [0.25, 0.3) is 5.56 Å². The van der Waals surface area contributed by atoms with Crippen molar-refractivity contribution in [3.63, 3.8) is 0 Å². The average Bonchev–Trinajstić information content (AvgIpc) is 2.30. The van der Waals surface area contributed by atoms with E-state index in [9.17, 15) is 13.6 Å². The van der Waals surface area contributed by atoms with Gasteiger partial charge in [-0.1, -0.05) is 0 Å². The molecule has 0 atom stereocenters. The lowest BCUT2D eigenvalue weighted by molar-refractivity contribution is -0.0488. The van der Waals surface area contributed by atoms with Gasteiger partial charge in [0.1, 0.15) is 5.75 Å². The summed E-state index contributed by atoms with van der Waals surface area (Å²) in [5.74, 6) is -0.0640. The molecule has 0 amide bonds. The van der Waals surface area contributed by atoms with E-state index in [0.29, 0.717) is 22.0 Å². The molecule has 2 aromatic rings. The van der Waals surface area contributed by atoms with Crippen molar-refractivity contribution in [2.24, 2.45) is 0 Å². The Labute approximate surface area is 101 Å². The number of alkyl halides is 2. The number of fused-ring (bicyclic) bond motifs is 1. The van der Waals surface area contributed by atoms with E-state index in [1.807, 2.05) is 0 Å². The van der Waals surface area contributed by atoms with Crippen molar-refractivity contribution in [1.82, 2.24) is 4.98 Å². The van der Waals surface area contributed by atoms with Gasteiger partial charge < -0.3 is 14.8 Å². The first-order chi connectivity index (χ1) is 8.51. The van der Waals surface area contributed by atoms with Crippen molar-refractivity contribution in [2.45, 2.75) is 20.1 Å². The molecular weight excluding hydrogens is 244 g/mol. The van der Waals surface area contributed by atoms with Crippen molar-refractivity contribution in [3.8, 4) is 5.75 Å². The molecule has 1 aromatic heterocycles. The number of halogens is 2. The first-order valence-corrected chi connectivity index (χ1v) is 5.23. The zero-order chi connectivity index (χ0) is 13.3. The van der Waals surface area contributed by atoms with Crippen LogP contribution in [0.25, 0.3) is 10.9 Å². The standard InChI is InChI=1S/C12H11F2NO3/c1-6-2-8-9(15-11(6)17)3-7(5-16)4-10(8)18-12(13)14/h2-4,12,16H,5H2,1H3,(H,15,17). The summed E-state index contributed by atoms with van der Waals surface area (Å²) >= 11 is 0. The molecule has 1 aromatic carbocycles. The summed E-state index contributed by atoms with van der Waals surface area (Å²) in [6.07, 6.45) is 0. The number of H-pyrrole nitrogens is 1. The van der Waals surface area contributed by atoms with Gasteiger partial charge >= 0.3 is 6.61 Å². The van der Waals surface area contributed by atoms with Crippen molar-refractivity contribution >= 4 is 10.9 Å². The van der Waals surface area contributed by atoms with E-state index >= 15 is 0 Å². The van der Waals surface area contributed by atoms with Crippen molar-refractivity contribution in [2.75, 3.05) is 0 Å². The van der Waals surface area contributed by atoms with Gasteiger partial charge in [0.05, 0.1) is 12.1 Å². The average molecular weight is 255 g/mol. The van der Waals surface area contributed by atoms with Gasteiger partial charge in [-0.25, -0.2) is 0 Å². The summed E-state index contributed by atoms with van der Waals surface area (Å²) in [5.41, 5.74) is 0.837. The predicted molar refractivity (Wildman–Crippen MR) is 61.9 cm³/mol. The molecule has 1 heterocycles. The normalized spacial score (nSPS) is 11.2. The summed E-state index contributed by atoms with van der Waals surface area (Å²) in [7, 11) is 0. The number of aliphatic hydroxyl groups excluding tert-OH is 1. The van der Waals surface area contributed by atoms with Crippen LogP contribution in [0.3, 0.4) is 0 Å². The number of pyridine rings is 1. The van der Waals surface area contributed by atoms with Crippen LogP contribution in [0.4, 0.5) is 8.78 Å². The molecular formula is C12H11F2NO3. The van der Waals surface area contributed by atoms with Gasteiger partial charge in [-0.15, -0.1) is 0 Å². The van der Waals surface area contributed by atoms with E-state index in [0.717, 1.165) is 0 Å². The van der Waals surface area contributed by atoms with Crippen LogP contribution in [0.5, 0.6) is 5.75 Å². The van der Waals surface area contributed by atoms with E-state index in [4.69, 9.17) is 5.11 Å². The number of aryl methyl sites for hydroxylation is 1. The molecule has 6 heteroatoms. The third kappa shape index (κ3) is 2.33. The molecule has 96 valence electrons. The quantitative estimate of drug-likeness (QED) is 0.880. The topological polar surface area (TPSA) is 62.3 Å². The maximum Gasteiger partial charge on any atom is 0.387 e. The Kier molecular flexibility index (Phi) is 3.29. The number of aliphatic hydroxyl groups is 1. The molecule has 0 radical (unpaired) electrons. The SMILES string of the molecule is Cc1cc2c(OC(F)F)cc(CO)cc2[nH]c1=O. The number of hydrogen-bond acceptors (Lipinski definition) is 3. The number of ether oxygens (including phenoxy) is 1. The van der Waals surface area contributed by atoms with E-state index in [1.165, 1.54) is 18.2 Å². The Morgan fingerprint density at radius 1 is 1.39 bits per heavy atom. The molecule has 0 saturated carbocycles. The van der Waals surface area contributed by atoms with E-state index in [1.54, 1.807) is 6.92 Å². The smallest absolute Gasteiger partial charge is 0.387 e. The molecule has 18 heavy (non-hydrogen) atoms. The molecule has 0 fully saturated rings. The molecule has 2 N–H and O–H groups in total. The van der Waals surface area contributed by atoms with Crippen LogP contribution in [0.15, 0.2) is 23.0 Å². The van der Waals surface area contributed by atoms with Crippen LogP contribution in [0, 0.1) is 6.92 Å². The van der Waals surface area contributed by atoms with Gasteiger partial charge in [0, 0.05) is 10.9 Å². The van der Waals surface area contributed by atoms with Crippen LogP contribution in [-0.2, 0) is 6.61 Å². The van der Waals surface area contributed by atoms with Gasteiger partial charge in [0.2, 0.25) is 0 Å². The van der Waals surface area contributed by atoms with Crippen molar-refractivity contribution in [1.29, 1.82) is 0 Å². The molecule has 0 aliphatic carbocycles. The number of aromatic amines is 1. The highest BCUT2D eigenvalue weighted by Crippen LogP contribution is 2.27. The number of nitrogens with one attached hydrogen (secondary N) is 1.